The molecule has 0 unspecified atom stereocenters. The van der Waals surface area contributed by atoms with E-state index >= 15 is 0 Å². The van der Waals surface area contributed by atoms with Crippen molar-refractivity contribution in [2.24, 2.45) is 0 Å². The van der Waals surface area contributed by atoms with Crippen molar-refractivity contribution in [2.45, 2.75) is 0 Å². The van der Waals surface area contributed by atoms with Crippen molar-refractivity contribution in [1.29, 1.82) is 0 Å². The van der Waals surface area contributed by atoms with E-state index in [0.29, 0.717) is 0 Å². The molecule has 0 spiro atoms. The van der Waals surface area contributed by atoms with E-state index < -0.39 is 0 Å². The minimum atomic E-state index is 0. The van der Waals surface area contributed by atoms with Gasteiger partial charge in [-0.25, -0.2) is 0 Å². The van der Waals surface area contributed by atoms with Crippen molar-refractivity contribution in [3.8, 4) is 0 Å². The summed E-state index contributed by atoms with van der Waals surface area (Å²) >= 11 is 0. The molecule has 0 aliphatic carbocycles. The molecule has 5 heteroatoms. The molecule has 0 saturated heterocycles. The fraction of sp³-hybridized carbons (Fsp3) is 0. The summed E-state index contributed by atoms with van der Waals surface area (Å²) in [6.07, 6.45) is 0. The van der Waals surface area contributed by atoms with Crippen molar-refractivity contribution in [3.05, 3.63) is 10.1 Å². The number of nitrogens with one attached hydrogen (secondary N) is 1. The molecular formula is H2LiMnNO2. The van der Waals surface area contributed by atoms with Gasteiger partial charge in [0.05, 0.1) is 0 Å². The average molecular weight is 110 g/mol. The molecule has 0 aromatic carbocycles. The Kier molecular flexibility index (Phi) is 86.3. The minimum Gasteiger partial charge on any atom is 0 e. The van der Waals surface area contributed by atoms with Crippen LogP contribution in [0.1, 0.15) is 0 Å². The second kappa shape index (κ2) is 24.3. The van der Waals surface area contributed by atoms with Crippen LogP contribution in [0, 0.1) is 10.1 Å². The Morgan fingerprint density at radius 1 is 1.60 bits per heavy atom. The maximum Gasteiger partial charge on any atom is 0 e. The fourth-order valence-corrected chi connectivity index (χ4v) is 0. The number of hydrogen-bond donors (Lipinski definition) is 1. The molecule has 0 aromatic rings. The molecule has 0 bridgehead atoms. The van der Waals surface area contributed by atoms with Crippen molar-refractivity contribution >= 4 is 18.9 Å². The Bertz CT molecular complexity index is 17.1. The zero-order valence-corrected chi connectivity index (χ0v) is 2.87. The normalized spacial score (nSPS) is 2.40. The maximum absolute atomic E-state index is 8.12. The van der Waals surface area contributed by atoms with Gasteiger partial charge in [0.2, 0.25) is 0 Å². The van der Waals surface area contributed by atoms with E-state index in [1.54, 1.807) is 0 Å². The summed E-state index contributed by atoms with van der Waals surface area (Å²) in [4.78, 5) is 8.12. The molecule has 27 valence electrons. The molecule has 0 aliphatic rings. The van der Waals surface area contributed by atoms with Crippen LogP contribution in [0.2, 0.25) is 0 Å². The third-order valence-electron chi connectivity index (χ3n) is 0. The van der Waals surface area contributed by atoms with Crippen LogP contribution in [0.4, 0.5) is 0 Å². The van der Waals surface area contributed by atoms with Crippen LogP contribution in [-0.4, -0.2) is 18.9 Å². The van der Waals surface area contributed by atoms with E-state index in [1.165, 1.54) is 0 Å². The predicted molar refractivity (Wildman–Crippen MR) is 14.8 cm³/mol. The van der Waals surface area contributed by atoms with Crippen molar-refractivity contribution in [1.82, 2.24) is 0 Å². The second-order valence-electron chi connectivity index (χ2n) is 0.0833. The third-order valence-corrected chi connectivity index (χ3v) is 0. The van der Waals surface area contributed by atoms with E-state index in [2.05, 4.69) is 0 Å². The van der Waals surface area contributed by atoms with Crippen LogP contribution in [0.3, 0.4) is 0 Å². The SMILES string of the molecule is O=[NH+][O-].[LiH].[Mn]. The van der Waals surface area contributed by atoms with Gasteiger partial charge in [0.1, 0.15) is 0 Å². The Morgan fingerprint density at radius 3 is 1.60 bits per heavy atom. The fourth-order valence-electron chi connectivity index (χ4n) is 0. The predicted octanol–water partition coefficient (Wildman–Crippen LogP) is -2.32. The monoisotopic (exact) mass is 110 g/mol. The molecule has 0 atom stereocenters. The second-order valence-corrected chi connectivity index (χ2v) is 0.0833. The molecule has 0 rings (SSSR count). The molecular weight excluding hydrogens is 108 g/mol. The summed E-state index contributed by atoms with van der Waals surface area (Å²) in [5.74, 6) is 0. The van der Waals surface area contributed by atoms with Gasteiger partial charge in [-0.2, -0.15) is 0 Å². The standard InChI is InChI=1S/Li.Mn.HNO2.H/c;;2-1-3;/h;;1H;. The average Bonchev–Trinajstić information content (AvgIpc) is 0.918. The quantitative estimate of drug-likeness (QED) is 0.216. The van der Waals surface area contributed by atoms with Gasteiger partial charge in [-0.15, -0.1) is 0 Å². The first-order chi connectivity index (χ1) is 1.41. The van der Waals surface area contributed by atoms with E-state index in [0.717, 1.165) is 0 Å². The summed E-state index contributed by atoms with van der Waals surface area (Å²) in [7, 11) is 0. The van der Waals surface area contributed by atoms with Crippen LogP contribution in [0.15, 0.2) is 0 Å². The van der Waals surface area contributed by atoms with Gasteiger partial charge in [-0.3, -0.25) is 10.1 Å². The Labute approximate surface area is 51.7 Å². The molecule has 0 amide bonds. The van der Waals surface area contributed by atoms with E-state index in [1.807, 2.05) is 0 Å². The molecule has 1 radical (unpaired) electrons. The van der Waals surface area contributed by atoms with Crippen molar-refractivity contribution < 1.29 is 22.4 Å². The first kappa shape index (κ1) is 17.8. The summed E-state index contributed by atoms with van der Waals surface area (Å²) in [6.45, 7) is 0. The first-order valence-corrected chi connectivity index (χ1v) is 0.408. The Hall–Kier alpha value is 0.517. The summed E-state index contributed by atoms with van der Waals surface area (Å²) in [5, 5.41) is 8.38. The Balaban J connectivity index is -0.0000000200. The van der Waals surface area contributed by atoms with Gasteiger partial charge in [0.25, 0.3) is 0 Å². The van der Waals surface area contributed by atoms with Gasteiger partial charge in [0, 0.05) is 22.4 Å². The van der Waals surface area contributed by atoms with Crippen LogP contribution in [-0.2, 0) is 17.1 Å². The summed E-state index contributed by atoms with van der Waals surface area (Å²) < 4.78 is 0. The molecule has 3 nitrogen and oxygen atoms in total. The van der Waals surface area contributed by atoms with Crippen LogP contribution < -0.4 is 5.34 Å². The molecule has 0 aromatic heterocycles. The van der Waals surface area contributed by atoms with Crippen molar-refractivity contribution in [2.75, 3.05) is 0 Å². The summed E-state index contributed by atoms with van der Waals surface area (Å²) in [6, 6.07) is 0. The van der Waals surface area contributed by atoms with Gasteiger partial charge in [-0.1, -0.05) is 0 Å². The minimum absolute atomic E-state index is 0. The Morgan fingerprint density at radius 2 is 1.60 bits per heavy atom. The van der Waals surface area contributed by atoms with Gasteiger partial charge in [0.15, 0.2) is 0 Å². The van der Waals surface area contributed by atoms with Crippen molar-refractivity contribution in [3.63, 3.8) is 0 Å². The van der Waals surface area contributed by atoms with E-state index in [-0.39, 0.29) is 41.3 Å². The van der Waals surface area contributed by atoms with Crippen LogP contribution >= 0.6 is 0 Å². The van der Waals surface area contributed by atoms with E-state index in [9.17, 15) is 0 Å². The number of rotatable bonds is 0. The third kappa shape index (κ3) is 107. The molecule has 0 saturated carbocycles. The molecule has 0 aliphatic heterocycles. The molecule has 1 N–H and O–H groups in total. The van der Waals surface area contributed by atoms with E-state index in [4.69, 9.17) is 10.1 Å². The first-order valence-electron chi connectivity index (χ1n) is 0.408. The zero-order valence-electron chi connectivity index (χ0n) is 1.69. The largest absolute Gasteiger partial charge is 0 e. The van der Waals surface area contributed by atoms with Crippen LogP contribution in [0.25, 0.3) is 0 Å². The van der Waals surface area contributed by atoms with Gasteiger partial charge < -0.3 is 0 Å². The smallest absolute Gasteiger partial charge is 0 e. The molecule has 5 heavy (non-hydrogen) atoms. The topological polar surface area (TPSA) is 54.1 Å². The molecule has 0 fully saturated rings. The maximum atomic E-state index is 8.12. The summed E-state index contributed by atoms with van der Waals surface area (Å²) in [5.41, 5.74) is 0. The molecule has 0 heterocycles. The zero-order chi connectivity index (χ0) is 2.71. The number of hydrogen-bond acceptors (Lipinski definition) is 2. The van der Waals surface area contributed by atoms with Gasteiger partial charge in [-0.05, 0) is 0 Å². The van der Waals surface area contributed by atoms with Gasteiger partial charge >= 0.3 is 18.9 Å². The van der Waals surface area contributed by atoms with Crippen LogP contribution in [0.5, 0.6) is 0 Å².